The highest BCUT2D eigenvalue weighted by atomic mass is 16.7. The number of ether oxygens (including phenoxy) is 3. The van der Waals surface area contributed by atoms with Crippen molar-refractivity contribution in [2.45, 2.75) is 19.5 Å². The number of hydrogen-bond acceptors (Lipinski definition) is 7. The smallest absolute Gasteiger partial charge is 0.493 e. The van der Waals surface area contributed by atoms with Crippen LogP contribution in [0, 0.1) is 0 Å². The van der Waals surface area contributed by atoms with Crippen LogP contribution in [0.15, 0.2) is 71.8 Å². The van der Waals surface area contributed by atoms with E-state index >= 15 is 0 Å². The van der Waals surface area contributed by atoms with Gasteiger partial charge >= 0.3 is 6.16 Å². The van der Waals surface area contributed by atoms with Crippen molar-refractivity contribution < 1.29 is 23.8 Å². The maximum Gasteiger partial charge on any atom is 0.513 e. The van der Waals surface area contributed by atoms with Gasteiger partial charge in [-0.15, -0.1) is 0 Å². The molecule has 180 valence electrons. The standard InChI is InChI=1S/C27H27N3O5/c1-33-25-15-20(9-12-24(25)35-27(32)34-2)16-28-29-26(31)22-10-7-19(8-11-22)17-30-14-13-21-5-3-4-6-23(21)18-30/h3-12,15-16H,13-14,17-18H2,1-2H3,(H,29,31). The average molecular weight is 474 g/mol. The molecule has 3 aromatic rings. The zero-order valence-corrected chi connectivity index (χ0v) is 19.7. The summed E-state index contributed by atoms with van der Waals surface area (Å²) in [6, 6.07) is 21.0. The first-order valence-electron chi connectivity index (χ1n) is 11.2. The van der Waals surface area contributed by atoms with E-state index in [1.807, 2.05) is 12.1 Å². The van der Waals surface area contributed by atoms with E-state index in [0.717, 1.165) is 31.6 Å². The predicted octanol–water partition coefficient (Wildman–Crippen LogP) is 4.16. The third-order valence-electron chi connectivity index (χ3n) is 5.76. The van der Waals surface area contributed by atoms with E-state index in [1.54, 1.807) is 30.3 Å². The Morgan fingerprint density at radius 3 is 2.51 bits per heavy atom. The van der Waals surface area contributed by atoms with Gasteiger partial charge in [-0.25, -0.2) is 10.2 Å². The zero-order chi connectivity index (χ0) is 24.6. The fraction of sp³-hybridized carbons (Fsp3) is 0.222. The van der Waals surface area contributed by atoms with E-state index in [1.165, 1.54) is 31.6 Å². The van der Waals surface area contributed by atoms with Crippen LogP contribution >= 0.6 is 0 Å². The quantitative estimate of drug-likeness (QED) is 0.240. The van der Waals surface area contributed by atoms with E-state index in [4.69, 9.17) is 9.47 Å². The SMILES string of the molecule is COC(=O)Oc1ccc(C=NNC(=O)c2ccc(CN3CCc4ccccc4C3)cc2)cc1OC. The van der Waals surface area contributed by atoms with Crippen LogP contribution in [0.4, 0.5) is 4.79 Å². The van der Waals surface area contributed by atoms with Gasteiger partial charge in [0.2, 0.25) is 0 Å². The molecule has 0 radical (unpaired) electrons. The minimum Gasteiger partial charge on any atom is -0.493 e. The first-order chi connectivity index (χ1) is 17.1. The average Bonchev–Trinajstić information content (AvgIpc) is 2.89. The lowest BCUT2D eigenvalue weighted by molar-refractivity contribution is 0.0954. The number of rotatable bonds is 7. The van der Waals surface area contributed by atoms with Crippen molar-refractivity contribution in [3.63, 3.8) is 0 Å². The molecule has 4 rings (SSSR count). The normalized spacial score (nSPS) is 13.2. The Morgan fingerprint density at radius 1 is 1.00 bits per heavy atom. The van der Waals surface area contributed by atoms with E-state index < -0.39 is 6.16 Å². The van der Waals surface area contributed by atoms with Crippen molar-refractivity contribution in [1.82, 2.24) is 10.3 Å². The summed E-state index contributed by atoms with van der Waals surface area (Å²) in [4.78, 5) is 26.2. The number of amides is 1. The Labute approximate surface area is 204 Å². The minimum atomic E-state index is -0.843. The Bertz CT molecular complexity index is 1220. The number of nitrogens with zero attached hydrogens (tertiary/aromatic N) is 2. The first-order valence-corrected chi connectivity index (χ1v) is 11.2. The van der Waals surface area contributed by atoms with Crippen molar-refractivity contribution in [3.05, 3.63) is 94.5 Å². The Hall–Kier alpha value is -4.17. The molecule has 3 aromatic carbocycles. The monoisotopic (exact) mass is 473 g/mol. The van der Waals surface area contributed by atoms with Crippen molar-refractivity contribution in [3.8, 4) is 11.5 Å². The first kappa shape index (κ1) is 24.0. The molecule has 1 heterocycles. The topological polar surface area (TPSA) is 89.5 Å². The number of hydrazone groups is 1. The summed E-state index contributed by atoms with van der Waals surface area (Å²) in [6.07, 6.45) is 1.69. The number of methoxy groups -OCH3 is 2. The third-order valence-corrected chi connectivity index (χ3v) is 5.76. The van der Waals surface area contributed by atoms with Gasteiger partial charge in [0.15, 0.2) is 11.5 Å². The summed E-state index contributed by atoms with van der Waals surface area (Å²) in [5.74, 6) is 0.241. The second kappa shape index (κ2) is 11.3. The molecule has 8 nitrogen and oxygen atoms in total. The van der Waals surface area contributed by atoms with Crippen LogP contribution in [-0.4, -0.2) is 43.9 Å². The van der Waals surface area contributed by atoms with Crippen LogP contribution in [0.1, 0.15) is 32.6 Å². The lowest BCUT2D eigenvalue weighted by Gasteiger charge is -2.28. The molecule has 8 heteroatoms. The van der Waals surface area contributed by atoms with Crippen LogP contribution in [-0.2, 0) is 24.2 Å². The summed E-state index contributed by atoms with van der Waals surface area (Å²) in [5, 5.41) is 4.02. The predicted molar refractivity (Wildman–Crippen MR) is 132 cm³/mol. The molecule has 1 aliphatic rings. The molecule has 0 saturated heterocycles. The van der Waals surface area contributed by atoms with Gasteiger partial charge < -0.3 is 14.2 Å². The molecule has 0 unspecified atom stereocenters. The lowest BCUT2D eigenvalue weighted by atomic mass is 9.99. The van der Waals surface area contributed by atoms with E-state index in [2.05, 4.69) is 44.4 Å². The van der Waals surface area contributed by atoms with Gasteiger partial charge in [-0.2, -0.15) is 5.10 Å². The van der Waals surface area contributed by atoms with Crippen LogP contribution in [0.2, 0.25) is 0 Å². The number of nitrogens with one attached hydrogen (secondary N) is 1. The summed E-state index contributed by atoms with van der Waals surface area (Å²) in [6.45, 7) is 2.80. The highest BCUT2D eigenvalue weighted by Crippen LogP contribution is 2.28. The molecular weight excluding hydrogens is 446 g/mol. The Balaban J connectivity index is 1.31. The second-order valence-electron chi connectivity index (χ2n) is 8.09. The summed E-state index contributed by atoms with van der Waals surface area (Å²) in [7, 11) is 2.68. The summed E-state index contributed by atoms with van der Waals surface area (Å²) < 4.78 is 14.7. The minimum absolute atomic E-state index is 0.217. The van der Waals surface area contributed by atoms with Gasteiger partial charge in [-0.05, 0) is 59.0 Å². The van der Waals surface area contributed by atoms with Gasteiger partial charge in [0.1, 0.15) is 0 Å². The molecule has 0 bridgehead atoms. The Morgan fingerprint density at radius 2 is 1.77 bits per heavy atom. The third kappa shape index (κ3) is 6.24. The maximum atomic E-state index is 12.5. The van der Waals surface area contributed by atoms with Crippen molar-refractivity contribution in [2.24, 2.45) is 5.10 Å². The molecule has 0 saturated carbocycles. The number of carbonyl (C=O) groups excluding carboxylic acids is 2. The zero-order valence-electron chi connectivity index (χ0n) is 19.7. The molecule has 0 fully saturated rings. The molecule has 0 aliphatic carbocycles. The van der Waals surface area contributed by atoms with Gasteiger partial charge in [0.25, 0.3) is 5.91 Å². The second-order valence-corrected chi connectivity index (χ2v) is 8.09. The van der Waals surface area contributed by atoms with Crippen molar-refractivity contribution in [1.29, 1.82) is 0 Å². The number of benzene rings is 3. The largest absolute Gasteiger partial charge is 0.513 e. The lowest BCUT2D eigenvalue weighted by Crippen LogP contribution is -2.30. The summed E-state index contributed by atoms with van der Waals surface area (Å²) >= 11 is 0. The number of carbonyl (C=O) groups is 2. The van der Waals surface area contributed by atoms with Crippen LogP contribution < -0.4 is 14.9 Å². The molecule has 1 N–H and O–H groups in total. The Kier molecular flexibility index (Phi) is 7.74. The fourth-order valence-corrected chi connectivity index (χ4v) is 3.92. The fourth-order valence-electron chi connectivity index (χ4n) is 3.92. The highest BCUT2D eigenvalue weighted by Gasteiger charge is 2.16. The molecule has 1 aliphatic heterocycles. The van der Waals surface area contributed by atoms with Crippen LogP contribution in [0.5, 0.6) is 11.5 Å². The molecule has 35 heavy (non-hydrogen) atoms. The number of fused-ring (bicyclic) bond motifs is 1. The van der Waals surface area contributed by atoms with E-state index in [0.29, 0.717) is 16.9 Å². The summed E-state index contributed by atoms with van der Waals surface area (Å²) in [5.41, 5.74) is 7.67. The highest BCUT2D eigenvalue weighted by molar-refractivity contribution is 5.95. The molecule has 0 aromatic heterocycles. The molecule has 0 atom stereocenters. The molecular formula is C27H27N3O5. The maximum absolute atomic E-state index is 12.5. The van der Waals surface area contributed by atoms with Crippen LogP contribution in [0.25, 0.3) is 0 Å². The van der Waals surface area contributed by atoms with Crippen molar-refractivity contribution >= 4 is 18.3 Å². The van der Waals surface area contributed by atoms with E-state index in [-0.39, 0.29) is 11.7 Å². The number of hydrogen-bond donors (Lipinski definition) is 1. The van der Waals surface area contributed by atoms with Gasteiger partial charge in [-0.1, -0.05) is 36.4 Å². The van der Waals surface area contributed by atoms with E-state index in [9.17, 15) is 9.59 Å². The molecule has 0 spiro atoms. The van der Waals surface area contributed by atoms with Gasteiger partial charge in [0, 0.05) is 25.2 Å². The van der Waals surface area contributed by atoms with Gasteiger partial charge in [-0.3, -0.25) is 9.69 Å². The van der Waals surface area contributed by atoms with Crippen LogP contribution in [0.3, 0.4) is 0 Å². The molecule has 1 amide bonds. The van der Waals surface area contributed by atoms with Gasteiger partial charge in [0.05, 0.1) is 20.4 Å². The van der Waals surface area contributed by atoms with Crippen molar-refractivity contribution in [2.75, 3.05) is 20.8 Å².